The van der Waals surface area contributed by atoms with Crippen molar-refractivity contribution in [3.63, 3.8) is 0 Å². The SMILES string of the molecule is CC(C)N(C(C)C)P(OCc1ccccc1)OC[C@H]1O[C@@H](n2ccc(NC(=O)OCc3ccccc3)nc2=O)[C@H](OC(=O)OCc2ccccc2)[C@@H]1OC(=O)OCc1ccccc1. The molecule has 2 heterocycles. The number of aromatic nitrogens is 2. The number of benzene rings is 4. The minimum absolute atomic E-state index is 0.00740. The Hall–Kier alpha value is -6.16. The zero-order chi connectivity index (χ0) is 44.6. The van der Waals surface area contributed by atoms with Crippen molar-refractivity contribution in [2.24, 2.45) is 0 Å². The molecule has 17 heteroatoms. The van der Waals surface area contributed by atoms with Crippen LogP contribution < -0.4 is 11.0 Å². The van der Waals surface area contributed by atoms with E-state index in [-0.39, 0.29) is 50.9 Å². The number of nitrogens with zero attached hydrogens (tertiary/aromatic N) is 3. The van der Waals surface area contributed by atoms with Crippen LogP contribution in [0.4, 0.5) is 20.2 Å². The molecule has 5 aromatic rings. The van der Waals surface area contributed by atoms with Gasteiger partial charge in [-0.1, -0.05) is 121 Å². The van der Waals surface area contributed by atoms with Gasteiger partial charge in [0, 0.05) is 18.3 Å². The summed E-state index contributed by atoms with van der Waals surface area (Å²) in [5, 5.41) is 2.45. The van der Waals surface area contributed by atoms with Crippen molar-refractivity contribution < 1.29 is 51.9 Å². The summed E-state index contributed by atoms with van der Waals surface area (Å²) in [6, 6.07) is 37.9. The van der Waals surface area contributed by atoms with E-state index in [4.69, 9.17) is 37.5 Å². The van der Waals surface area contributed by atoms with Crippen molar-refractivity contribution in [2.45, 2.75) is 90.7 Å². The van der Waals surface area contributed by atoms with Gasteiger partial charge in [-0.15, -0.1) is 0 Å². The van der Waals surface area contributed by atoms with Crippen LogP contribution in [0.5, 0.6) is 0 Å². The number of rotatable bonds is 19. The lowest BCUT2D eigenvalue weighted by molar-refractivity contribution is -0.0681. The number of carbonyl (C=O) groups excluding carboxylic acids is 3. The largest absolute Gasteiger partial charge is 0.509 e. The molecule has 63 heavy (non-hydrogen) atoms. The first kappa shape index (κ1) is 46.3. The fourth-order valence-corrected chi connectivity index (χ4v) is 8.21. The first-order valence-electron chi connectivity index (χ1n) is 20.4. The van der Waals surface area contributed by atoms with E-state index in [1.807, 2.05) is 88.4 Å². The van der Waals surface area contributed by atoms with Crippen LogP contribution in [0, 0.1) is 0 Å². The maximum absolute atomic E-state index is 13.8. The summed E-state index contributed by atoms with van der Waals surface area (Å²) < 4.78 is 50.6. The van der Waals surface area contributed by atoms with E-state index in [1.165, 1.54) is 12.3 Å². The van der Waals surface area contributed by atoms with Gasteiger partial charge in [-0.25, -0.2) is 23.8 Å². The Morgan fingerprint density at radius 3 is 1.59 bits per heavy atom. The van der Waals surface area contributed by atoms with Gasteiger partial charge in [0.2, 0.25) is 0 Å². The van der Waals surface area contributed by atoms with E-state index in [1.54, 1.807) is 60.7 Å². The summed E-state index contributed by atoms with van der Waals surface area (Å²) in [6.07, 6.45) is -7.33. The molecule has 0 radical (unpaired) electrons. The Bertz CT molecular complexity index is 2250. The summed E-state index contributed by atoms with van der Waals surface area (Å²) in [4.78, 5) is 57.4. The molecule has 332 valence electrons. The van der Waals surface area contributed by atoms with E-state index in [0.717, 1.165) is 15.7 Å². The molecule has 1 aromatic heterocycles. The Balaban J connectivity index is 1.28. The van der Waals surface area contributed by atoms with Crippen LogP contribution in [0.15, 0.2) is 138 Å². The van der Waals surface area contributed by atoms with E-state index in [0.29, 0.717) is 11.1 Å². The Morgan fingerprint density at radius 1 is 0.651 bits per heavy atom. The number of anilines is 1. The van der Waals surface area contributed by atoms with Crippen LogP contribution in [0.2, 0.25) is 0 Å². The fourth-order valence-electron chi connectivity index (χ4n) is 6.58. The molecule has 1 amide bonds. The number of ether oxygens (including phenoxy) is 6. The number of hydrogen-bond acceptors (Lipinski definition) is 14. The molecule has 1 fully saturated rings. The first-order valence-corrected chi connectivity index (χ1v) is 21.5. The summed E-state index contributed by atoms with van der Waals surface area (Å²) in [5.41, 5.74) is 2.17. The topological polar surface area (TPSA) is 175 Å². The highest BCUT2D eigenvalue weighted by Crippen LogP contribution is 2.48. The normalized spacial score (nSPS) is 17.6. The van der Waals surface area contributed by atoms with E-state index < -0.39 is 57.2 Å². The average Bonchev–Trinajstić information content (AvgIpc) is 3.61. The highest BCUT2D eigenvalue weighted by Gasteiger charge is 2.52. The molecule has 1 N–H and O–H groups in total. The van der Waals surface area contributed by atoms with Crippen LogP contribution in [0.3, 0.4) is 0 Å². The predicted octanol–water partition coefficient (Wildman–Crippen LogP) is 8.91. The maximum atomic E-state index is 13.8. The van der Waals surface area contributed by atoms with Crippen molar-refractivity contribution in [1.82, 2.24) is 14.2 Å². The van der Waals surface area contributed by atoms with E-state index in [2.05, 4.69) is 15.0 Å². The summed E-state index contributed by atoms with van der Waals surface area (Å²) in [5.74, 6) is -0.118. The minimum atomic E-state index is -1.77. The molecule has 0 saturated carbocycles. The summed E-state index contributed by atoms with van der Waals surface area (Å²) >= 11 is 0. The van der Waals surface area contributed by atoms with Crippen LogP contribution in [-0.4, -0.2) is 69.6 Å². The molecule has 0 spiro atoms. The number of amides is 1. The number of nitrogens with one attached hydrogen (secondary N) is 1. The highest BCUT2D eigenvalue weighted by atomic mass is 31.2. The molecule has 5 atom stereocenters. The molecule has 1 aliphatic heterocycles. The predicted molar refractivity (Wildman–Crippen MR) is 232 cm³/mol. The molecule has 0 aliphatic carbocycles. The molecular formula is C46H51N4O12P. The van der Waals surface area contributed by atoms with Crippen LogP contribution in [-0.2, 0) is 63.9 Å². The van der Waals surface area contributed by atoms with Gasteiger partial charge in [-0.2, -0.15) is 4.98 Å². The molecule has 1 aliphatic rings. The molecule has 1 unspecified atom stereocenters. The molecule has 6 rings (SSSR count). The van der Waals surface area contributed by atoms with Gasteiger partial charge in [0.1, 0.15) is 31.7 Å². The molecule has 0 bridgehead atoms. The second-order valence-electron chi connectivity index (χ2n) is 14.8. The average molecular weight is 883 g/mol. The maximum Gasteiger partial charge on any atom is 0.509 e. The van der Waals surface area contributed by atoms with Gasteiger partial charge >= 0.3 is 24.1 Å². The monoisotopic (exact) mass is 882 g/mol. The fraction of sp³-hybridized carbons (Fsp3) is 0.326. The van der Waals surface area contributed by atoms with Crippen molar-refractivity contribution in [1.29, 1.82) is 0 Å². The van der Waals surface area contributed by atoms with Gasteiger partial charge in [0.05, 0.1) is 13.2 Å². The second kappa shape index (κ2) is 23.3. The highest BCUT2D eigenvalue weighted by molar-refractivity contribution is 7.44. The quantitative estimate of drug-likeness (QED) is 0.0473. The van der Waals surface area contributed by atoms with Crippen molar-refractivity contribution >= 4 is 32.7 Å². The Labute approximate surface area is 366 Å². The number of hydrogen-bond donors (Lipinski definition) is 1. The first-order chi connectivity index (χ1) is 30.5. The zero-order valence-corrected chi connectivity index (χ0v) is 36.3. The van der Waals surface area contributed by atoms with Gasteiger partial charge in [-0.05, 0) is 56.0 Å². The van der Waals surface area contributed by atoms with E-state index >= 15 is 0 Å². The summed E-state index contributed by atoms with van der Waals surface area (Å²) in [6.45, 7) is 7.80. The third-order valence-electron chi connectivity index (χ3n) is 9.48. The Morgan fingerprint density at radius 2 is 1.11 bits per heavy atom. The van der Waals surface area contributed by atoms with Crippen molar-refractivity contribution in [3.8, 4) is 0 Å². The molecule has 4 aromatic carbocycles. The standard InChI is InChI=1S/C46H51N4O12P/c1-32(2)50(33(3)4)63(58-30-37-23-15-8-16-24-37)59-31-38-40(61-45(53)56-28-35-19-11-6-12-20-35)41(62-46(54)57-29-36-21-13-7-14-22-36)42(60-38)49-26-25-39(47-43(49)51)48-44(52)55-27-34-17-9-5-10-18-34/h5-26,32-33,38,40-42H,27-31H2,1-4H3,(H,47,48,51,52)/t38-,40-,41-,42-,63?/m1/s1. The van der Waals surface area contributed by atoms with Gasteiger partial charge in [0.15, 0.2) is 18.4 Å². The van der Waals surface area contributed by atoms with Gasteiger partial charge in [0.25, 0.3) is 8.53 Å². The van der Waals surface area contributed by atoms with Crippen LogP contribution in [0.1, 0.15) is 56.2 Å². The van der Waals surface area contributed by atoms with Crippen LogP contribution >= 0.6 is 8.53 Å². The molecule has 16 nitrogen and oxygen atoms in total. The van der Waals surface area contributed by atoms with Crippen LogP contribution in [0.25, 0.3) is 0 Å². The third-order valence-corrected chi connectivity index (χ3v) is 11.5. The smallest absolute Gasteiger partial charge is 0.444 e. The van der Waals surface area contributed by atoms with Gasteiger partial charge in [-0.3, -0.25) is 9.88 Å². The molecule has 1 saturated heterocycles. The molecular weight excluding hydrogens is 831 g/mol. The zero-order valence-electron chi connectivity index (χ0n) is 35.4. The lowest BCUT2D eigenvalue weighted by Gasteiger charge is -2.36. The van der Waals surface area contributed by atoms with Crippen molar-refractivity contribution in [3.05, 3.63) is 166 Å². The number of carbonyl (C=O) groups is 3. The third kappa shape index (κ3) is 13.9. The van der Waals surface area contributed by atoms with Gasteiger partial charge < -0.3 is 37.5 Å². The van der Waals surface area contributed by atoms with Crippen molar-refractivity contribution in [2.75, 3.05) is 11.9 Å². The minimum Gasteiger partial charge on any atom is -0.444 e. The lowest BCUT2D eigenvalue weighted by Crippen LogP contribution is -2.42. The summed E-state index contributed by atoms with van der Waals surface area (Å²) in [7, 11) is -1.77. The second-order valence-corrected chi connectivity index (χ2v) is 16.3. The lowest BCUT2D eigenvalue weighted by atomic mass is 10.1. The Kier molecular flexibility index (Phi) is 17.2. The van der Waals surface area contributed by atoms with E-state index in [9.17, 15) is 19.2 Å².